The molecule has 1 amide bonds. The maximum atomic E-state index is 15.2. The Bertz CT molecular complexity index is 1530. The summed E-state index contributed by atoms with van der Waals surface area (Å²) in [7, 11) is -3.02. The summed E-state index contributed by atoms with van der Waals surface area (Å²) >= 11 is 0. The molecule has 0 saturated heterocycles. The number of hydrogen-bond acceptors (Lipinski definition) is 3. The quantitative estimate of drug-likeness (QED) is 0.136. The number of rotatable bonds is 11. The maximum absolute atomic E-state index is 15.2. The molecule has 1 N–H and O–H groups in total. The fourth-order valence-corrected chi connectivity index (χ4v) is 6.57. The van der Waals surface area contributed by atoms with Gasteiger partial charge in [-0.1, -0.05) is 50.5 Å². The van der Waals surface area contributed by atoms with Gasteiger partial charge in [0.25, 0.3) is 0 Å². The number of benzene rings is 3. The number of anilines is 1. The van der Waals surface area contributed by atoms with Gasteiger partial charge in [-0.3, -0.25) is 4.79 Å². The lowest BCUT2D eigenvalue weighted by atomic mass is 9.84. The van der Waals surface area contributed by atoms with Gasteiger partial charge in [0.2, 0.25) is 11.7 Å². The second-order valence-corrected chi connectivity index (χ2v) is 12.0. The number of carbonyl (C=O) groups is 2. The summed E-state index contributed by atoms with van der Waals surface area (Å²) < 4.78 is 99.5. The predicted octanol–water partition coefficient (Wildman–Crippen LogP) is 7.24. The topological polar surface area (TPSA) is 77.9 Å². The summed E-state index contributed by atoms with van der Waals surface area (Å²) in [5.74, 6) is -14.6. The van der Waals surface area contributed by atoms with Crippen LogP contribution in [0.3, 0.4) is 0 Å². The molecule has 0 spiro atoms. The van der Waals surface area contributed by atoms with E-state index in [9.17, 15) is 40.9 Å². The Hall–Kier alpha value is -3.71. The summed E-state index contributed by atoms with van der Waals surface area (Å²) in [6, 6.07) is 10.3. The highest BCUT2D eigenvalue weighted by atomic mass is 32.2. The molecule has 1 fully saturated rings. The molecule has 13 heteroatoms. The number of carboxylic acids is 1. The Labute approximate surface area is 252 Å². The molecular weight excluding hydrogens is 610 g/mol. The zero-order chi connectivity index (χ0) is 32.1. The first-order chi connectivity index (χ1) is 20.9. The van der Waals surface area contributed by atoms with Gasteiger partial charge in [-0.2, -0.15) is 0 Å². The van der Waals surface area contributed by atoms with Crippen molar-refractivity contribution >= 4 is 28.5 Å². The van der Waals surface area contributed by atoms with Gasteiger partial charge in [-0.25, -0.2) is 39.7 Å². The van der Waals surface area contributed by atoms with E-state index in [0.717, 1.165) is 58.7 Å². The number of nitrogens with zero attached hydrogens (tertiary/aromatic N) is 2. The molecule has 236 valence electrons. The minimum atomic E-state index is -3.02. The molecule has 1 unspecified atom stereocenters. The molecular formula is C31H30F6N2O4S. The van der Waals surface area contributed by atoms with Gasteiger partial charge in [0, 0.05) is 6.54 Å². The Morgan fingerprint density at radius 3 is 2.00 bits per heavy atom. The average Bonchev–Trinajstić information content (AvgIpc) is 3.02. The van der Waals surface area contributed by atoms with E-state index in [2.05, 4.69) is 0 Å². The molecule has 0 aromatic heterocycles. The summed E-state index contributed by atoms with van der Waals surface area (Å²) in [5, 5.41) is 9.24. The van der Waals surface area contributed by atoms with Gasteiger partial charge in [-0.05, 0) is 54.5 Å². The zero-order valence-corrected chi connectivity index (χ0v) is 24.5. The third-order valence-electron chi connectivity index (χ3n) is 7.55. The summed E-state index contributed by atoms with van der Waals surface area (Å²) in [5.41, 5.74) is 0.989. The van der Waals surface area contributed by atoms with Crippen LogP contribution in [0.2, 0.25) is 0 Å². The van der Waals surface area contributed by atoms with Crippen LogP contribution in [-0.4, -0.2) is 38.6 Å². The van der Waals surface area contributed by atoms with Crippen LogP contribution in [0.4, 0.5) is 32.0 Å². The third-order valence-corrected chi connectivity index (χ3v) is 9.04. The summed E-state index contributed by atoms with van der Waals surface area (Å²) in [4.78, 5) is 24.4. The lowest BCUT2D eigenvalue weighted by molar-refractivity contribution is -0.119. The molecule has 1 saturated carbocycles. The molecule has 0 heterocycles. The van der Waals surface area contributed by atoms with Gasteiger partial charge in [0.15, 0.2) is 23.3 Å². The first-order valence-electron chi connectivity index (χ1n) is 14.0. The lowest BCUT2D eigenvalue weighted by Gasteiger charge is -2.28. The Morgan fingerprint density at radius 2 is 1.45 bits per heavy atom. The normalized spacial score (nSPS) is 14.5. The Morgan fingerprint density at radius 1 is 0.864 bits per heavy atom. The number of aromatic carboxylic acids is 1. The molecule has 44 heavy (non-hydrogen) atoms. The van der Waals surface area contributed by atoms with E-state index in [1.807, 2.05) is 12.1 Å². The molecule has 0 bridgehead atoms. The standard InChI is InChI=1S/C31H30F6N2O4S/c1-2-14-38(44(43)30-28(36)26(34)25(33)27(35)29(30)37)17-24(40)39(23-13-12-21(31(41)42)15-22(23)32)16-18-8-10-20(11-9-18)19-6-4-3-5-7-19/h8-13,15,19H,2-7,14,16-17H2,1H3,(H,41,42). The molecule has 1 aliphatic carbocycles. The van der Waals surface area contributed by atoms with Crippen LogP contribution >= 0.6 is 0 Å². The van der Waals surface area contributed by atoms with Crippen LogP contribution in [0.1, 0.15) is 72.9 Å². The average molecular weight is 641 g/mol. The summed E-state index contributed by atoms with van der Waals surface area (Å²) in [6.45, 7) is 0.230. The van der Waals surface area contributed by atoms with Crippen LogP contribution in [0, 0.1) is 34.9 Å². The van der Waals surface area contributed by atoms with Crippen LogP contribution in [0.5, 0.6) is 0 Å². The molecule has 6 nitrogen and oxygen atoms in total. The van der Waals surface area contributed by atoms with Crippen molar-refractivity contribution in [3.8, 4) is 0 Å². The minimum Gasteiger partial charge on any atom is -0.478 e. The summed E-state index contributed by atoms with van der Waals surface area (Å²) in [6.07, 6.45) is 5.71. The number of halogens is 6. The molecule has 0 aliphatic heterocycles. The molecule has 3 aromatic rings. The second-order valence-electron chi connectivity index (χ2n) is 10.5. The van der Waals surface area contributed by atoms with Crippen LogP contribution in [-0.2, 0) is 22.3 Å². The van der Waals surface area contributed by atoms with Crippen LogP contribution in [0.25, 0.3) is 0 Å². The SMILES string of the molecule is CCCN(CC(=O)N(Cc1ccc(C2CCCCC2)cc1)c1ccc(C(=O)O)cc1F)S(=O)c1c(F)c(F)c(F)c(F)c1F. The van der Waals surface area contributed by atoms with Crippen molar-refractivity contribution < 1.29 is 45.2 Å². The largest absolute Gasteiger partial charge is 0.478 e. The first kappa shape index (κ1) is 33.2. The van der Waals surface area contributed by atoms with Gasteiger partial charge >= 0.3 is 5.97 Å². The fraction of sp³-hybridized carbons (Fsp3) is 0.355. The van der Waals surface area contributed by atoms with Gasteiger partial charge in [-0.15, -0.1) is 0 Å². The van der Waals surface area contributed by atoms with Crippen molar-refractivity contribution in [3.63, 3.8) is 0 Å². The van der Waals surface area contributed by atoms with Crippen LogP contribution < -0.4 is 4.90 Å². The van der Waals surface area contributed by atoms with E-state index in [1.54, 1.807) is 19.1 Å². The van der Waals surface area contributed by atoms with Gasteiger partial charge in [0.05, 0.1) is 24.3 Å². The van der Waals surface area contributed by atoms with Crippen LogP contribution in [0.15, 0.2) is 47.4 Å². The number of carboxylic acid groups (broad SMARTS) is 1. The van der Waals surface area contributed by atoms with E-state index >= 15 is 4.39 Å². The highest BCUT2D eigenvalue weighted by molar-refractivity contribution is 7.82. The Kier molecular flexibility index (Phi) is 10.8. The predicted molar refractivity (Wildman–Crippen MR) is 151 cm³/mol. The number of carbonyl (C=O) groups excluding carboxylic acids is 1. The molecule has 1 atom stereocenters. The van der Waals surface area contributed by atoms with E-state index < -0.39 is 69.2 Å². The van der Waals surface area contributed by atoms with Crippen molar-refractivity contribution in [1.82, 2.24) is 4.31 Å². The van der Waals surface area contributed by atoms with E-state index in [1.165, 1.54) is 6.42 Å². The van der Waals surface area contributed by atoms with E-state index in [4.69, 9.17) is 0 Å². The number of amides is 1. The minimum absolute atomic E-state index is 0.165. The smallest absolute Gasteiger partial charge is 0.335 e. The van der Waals surface area contributed by atoms with E-state index in [-0.39, 0.29) is 30.8 Å². The van der Waals surface area contributed by atoms with E-state index in [0.29, 0.717) is 11.5 Å². The van der Waals surface area contributed by atoms with Crippen molar-refractivity contribution in [1.29, 1.82) is 0 Å². The number of hydrogen-bond donors (Lipinski definition) is 1. The molecule has 4 rings (SSSR count). The Balaban J connectivity index is 1.67. The van der Waals surface area contributed by atoms with Crippen molar-refractivity contribution in [2.45, 2.75) is 62.8 Å². The highest BCUT2D eigenvalue weighted by Gasteiger charge is 2.33. The first-order valence-corrected chi connectivity index (χ1v) is 15.2. The molecule has 0 radical (unpaired) electrons. The zero-order valence-electron chi connectivity index (χ0n) is 23.7. The molecule has 3 aromatic carbocycles. The fourth-order valence-electron chi connectivity index (χ4n) is 5.25. The lowest BCUT2D eigenvalue weighted by Crippen LogP contribution is -2.42. The maximum Gasteiger partial charge on any atom is 0.335 e. The second kappa shape index (κ2) is 14.4. The monoisotopic (exact) mass is 640 g/mol. The van der Waals surface area contributed by atoms with Gasteiger partial charge < -0.3 is 10.0 Å². The highest BCUT2D eigenvalue weighted by Crippen LogP contribution is 2.33. The van der Waals surface area contributed by atoms with Crippen molar-refractivity contribution in [3.05, 3.63) is 94.1 Å². The van der Waals surface area contributed by atoms with Crippen molar-refractivity contribution in [2.75, 3.05) is 18.0 Å². The van der Waals surface area contributed by atoms with Crippen molar-refractivity contribution in [2.24, 2.45) is 0 Å². The van der Waals surface area contributed by atoms with Gasteiger partial charge in [0.1, 0.15) is 21.7 Å². The third kappa shape index (κ3) is 7.15. The molecule has 1 aliphatic rings.